The van der Waals surface area contributed by atoms with Crippen LogP contribution in [-0.2, 0) is 17.9 Å². The first-order valence-electron chi connectivity index (χ1n) is 5.71. The molecule has 5 heteroatoms. The summed E-state index contributed by atoms with van der Waals surface area (Å²) in [6, 6.07) is 0.460. The lowest BCUT2D eigenvalue weighted by molar-refractivity contribution is -0.129. The summed E-state index contributed by atoms with van der Waals surface area (Å²) in [5.74, 6) is 0.144. The number of hydrogen-bond acceptors (Lipinski definition) is 4. The van der Waals surface area contributed by atoms with Crippen LogP contribution in [0.5, 0.6) is 0 Å². The molecule has 1 unspecified atom stereocenters. The fraction of sp³-hybridized carbons (Fsp3) is 0.636. The number of rotatable bonds is 1. The molecule has 1 saturated heterocycles. The van der Waals surface area contributed by atoms with Crippen LogP contribution in [0.15, 0.2) is 0 Å². The number of carbonyl (C=O) groups excluding carboxylic acids is 1. The Hall–Kier alpha value is -0.940. The van der Waals surface area contributed by atoms with Gasteiger partial charge in [-0.15, -0.1) is 11.3 Å². The fourth-order valence-electron chi connectivity index (χ4n) is 2.33. The maximum Gasteiger partial charge on any atom is 0.220 e. The Morgan fingerprint density at radius 2 is 2.44 bits per heavy atom. The SMILES string of the molecule is CC(=O)N1Cc2nc(C3CCCN3)sc2C1. The fourth-order valence-corrected chi connectivity index (χ4v) is 3.53. The number of thiazole rings is 1. The second-order valence-corrected chi connectivity index (χ2v) is 5.56. The highest BCUT2D eigenvalue weighted by Crippen LogP contribution is 2.33. The molecule has 1 N–H and O–H groups in total. The molecule has 0 spiro atoms. The molecular weight excluding hydrogens is 222 g/mol. The highest BCUT2D eigenvalue weighted by atomic mass is 32.1. The zero-order chi connectivity index (χ0) is 11.1. The van der Waals surface area contributed by atoms with E-state index in [0.717, 1.165) is 18.8 Å². The van der Waals surface area contributed by atoms with Gasteiger partial charge in [-0.3, -0.25) is 4.79 Å². The largest absolute Gasteiger partial charge is 0.332 e. The lowest BCUT2D eigenvalue weighted by atomic mass is 10.2. The van der Waals surface area contributed by atoms with Crippen molar-refractivity contribution in [3.05, 3.63) is 15.6 Å². The summed E-state index contributed by atoms with van der Waals surface area (Å²) in [5, 5.41) is 4.68. The molecule has 1 amide bonds. The molecule has 0 bridgehead atoms. The van der Waals surface area contributed by atoms with Gasteiger partial charge in [0.15, 0.2) is 0 Å². The van der Waals surface area contributed by atoms with Gasteiger partial charge in [-0.2, -0.15) is 0 Å². The van der Waals surface area contributed by atoms with E-state index < -0.39 is 0 Å². The predicted molar refractivity (Wildman–Crippen MR) is 62.0 cm³/mol. The van der Waals surface area contributed by atoms with Gasteiger partial charge >= 0.3 is 0 Å². The maximum absolute atomic E-state index is 11.2. The first-order valence-corrected chi connectivity index (χ1v) is 6.53. The standard InChI is InChI=1S/C11H15N3OS/c1-7(15)14-5-9-10(6-14)16-11(13-9)8-3-2-4-12-8/h8,12H,2-6H2,1H3. The van der Waals surface area contributed by atoms with Gasteiger partial charge in [0.2, 0.25) is 5.91 Å². The summed E-state index contributed by atoms with van der Waals surface area (Å²) >= 11 is 1.77. The minimum absolute atomic E-state index is 0.144. The third-order valence-electron chi connectivity index (χ3n) is 3.27. The molecule has 0 aliphatic carbocycles. The molecule has 4 nitrogen and oxygen atoms in total. The van der Waals surface area contributed by atoms with Gasteiger partial charge in [0.05, 0.1) is 24.8 Å². The van der Waals surface area contributed by atoms with Gasteiger partial charge in [-0.05, 0) is 19.4 Å². The average molecular weight is 237 g/mol. The summed E-state index contributed by atoms with van der Waals surface area (Å²) in [7, 11) is 0. The zero-order valence-electron chi connectivity index (χ0n) is 9.32. The van der Waals surface area contributed by atoms with Crippen molar-refractivity contribution in [3.63, 3.8) is 0 Å². The van der Waals surface area contributed by atoms with E-state index in [1.165, 1.54) is 22.7 Å². The molecule has 1 fully saturated rings. The van der Waals surface area contributed by atoms with E-state index in [1.807, 2.05) is 4.90 Å². The second-order valence-electron chi connectivity index (χ2n) is 4.45. The lowest BCUT2D eigenvalue weighted by Crippen LogP contribution is -2.22. The predicted octanol–water partition coefficient (Wildman–Crippen LogP) is 1.43. The van der Waals surface area contributed by atoms with Crippen LogP contribution in [0, 0.1) is 0 Å². The van der Waals surface area contributed by atoms with Crippen LogP contribution in [-0.4, -0.2) is 22.3 Å². The molecule has 16 heavy (non-hydrogen) atoms. The Kier molecular flexibility index (Phi) is 2.44. The topological polar surface area (TPSA) is 45.2 Å². The van der Waals surface area contributed by atoms with Crippen LogP contribution in [0.25, 0.3) is 0 Å². The van der Waals surface area contributed by atoms with E-state index in [4.69, 9.17) is 0 Å². The second kappa shape index (κ2) is 3.82. The van der Waals surface area contributed by atoms with Gasteiger partial charge in [0, 0.05) is 11.8 Å². The first-order chi connectivity index (χ1) is 7.74. The van der Waals surface area contributed by atoms with Gasteiger partial charge in [0.1, 0.15) is 5.01 Å². The van der Waals surface area contributed by atoms with Crippen LogP contribution in [0.1, 0.15) is 41.4 Å². The summed E-state index contributed by atoms with van der Waals surface area (Å²) in [6.07, 6.45) is 2.44. The van der Waals surface area contributed by atoms with E-state index in [2.05, 4.69) is 10.3 Å². The van der Waals surface area contributed by atoms with E-state index in [-0.39, 0.29) is 5.91 Å². The number of fused-ring (bicyclic) bond motifs is 1. The van der Waals surface area contributed by atoms with Crippen molar-refractivity contribution in [1.29, 1.82) is 0 Å². The number of aromatic nitrogens is 1. The Bertz CT molecular complexity index is 399. The van der Waals surface area contributed by atoms with Crippen molar-refractivity contribution in [3.8, 4) is 0 Å². The van der Waals surface area contributed by atoms with Crippen LogP contribution in [0.4, 0.5) is 0 Å². The summed E-state index contributed by atoms with van der Waals surface area (Å²) in [4.78, 5) is 19.0. The minimum Gasteiger partial charge on any atom is -0.332 e. The Morgan fingerprint density at radius 3 is 3.06 bits per heavy atom. The molecule has 2 aliphatic rings. The molecule has 0 saturated carbocycles. The average Bonchev–Trinajstić information content (AvgIpc) is 2.91. The lowest BCUT2D eigenvalue weighted by Gasteiger charge is -2.12. The van der Waals surface area contributed by atoms with Gasteiger partial charge < -0.3 is 10.2 Å². The Balaban J connectivity index is 1.78. The maximum atomic E-state index is 11.2. The molecule has 1 aromatic rings. The molecule has 86 valence electrons. The van der Waals surface area contributed by atoms with Crippen LogP contribution < -0.4 is 5.32 Å². The summed E-state index contributed by atoms with van der Waals surface area (Å²) < 4.78 is 0. The van der Waals surface area contributed by atoms with Gasteiger partial charge in [0.25, 0.3) is 0 Å². The Morgan fingerprint density at radius 1 is 1.56 bits per heavy atom. The van der Waals surface area contributed by atoms with Crippen molar-refractivity contribution < 1.29 is 4.79 Å². The van der Waals surface area contributed by atoms with Crippen molar-refractivity contribution in [2.24, 2.45) is 0 Å². The molecule has 1 aromatic heterocycles. The van der Waals surface area contributed by atoms with Crippen molar-refractivity contribution >= 4 is 17.2 Å². The van der Waals surface area contributed by atoms with E-state index in [1.54, 1.807) is 18.3 Å². The van der Waals surface area contributed by atoms with E-state index in [9.17, 15) is 4.79 Å². The highest BCUT2D eigenvalue weighted by Gasteiger charge is 2.28. The quantitative estimate of drug-likeness (QED) is 0.803. The van der Waals surface area contributed by atoms with Crippen LogP contribution in [0.3, 0.4) is 0 Å². The van der Waals surface area contributed by atoms with Gasteiger partial charge in [-0.1, -0.05) is 0 Å². The van der Waals surface area contributed by atoms with Crippen molar-refractivity contribution in [1.82, 2.24) is 15.2 Å². The molecule has 0 radical (unpaired) electrons. The number of carbonyl (C=O) groups is 1. The first kappa shape index (κ1) is 10.2. The molecule has 1 atom stereocenters. The molecule has 0 aromatic carbocycles. The number of hydrogen-bond donors (Lipinski definition) is 1. The smallest absolute Gasteiger partial charge is 0.220 e. The van der Waals surface area contributed by atoms with Crippen molar-refractivity contribution in [2.75, 3.05) is 6.54 Å². The van der Waals surface area contributed by atoms with Crippen LogP contribution >= 0.6 is 11.3 Å². The normalized spacial score (nSPS) is 23.8. The van der Waals surface area contributed by atoms with Crippen LogP contribution in [0.2, 0.25) is 0 Å². The number of nitrogens with one attached hydrogen (secondary N) is 1. The number of amides is 1. The van der Waals surface area contributed by atoms with Gasteiger partial charge in [-0.25, -0.2) is 4.98 Å². The third kappa shape index (κ3) is 1.64. The molecule has 2 aliphatic heterocycles. The third-order valence-corrected chi connectivity index (χ3v) is 4.47. The Labute approximate surface area is 98.7 Å². The highest BCUT2D eigenvalue weighted by molar-refractivity contribution is 7.11. The zero-order valence-corrected chi connectivity index (χ0v) is 10.1. The summed E-state index contributed by atoms with van der Waals surface area (Å²) in [6.45, 7) is 4.19. The molecular formula is C11H15N3OS. The number of nitrogens with zero attached hydrogens (tertiary/aromatic N) is 2. The minimum atomic E-state index is 0.144. The molecule has 3 heterocycles. The van der Waals surface area contributed by atoms with E-state index >= 15 is 0 Å². The summed E-state index contributed by atoms with van der Waals surface area (Å²) in [5.41, 5.74) is 1.11. The monoisotopic (exact) mass is 237 g/mol. The van der Waals surface area contributed by atoms with E-state index in [0.29, 0.717) is 12.6 Å². The van der Waals surface area contributed by atoms with Crippen molar-refractivity contribution in [2.45, 2.75) is 38.9 Å². The molecule has 3 rings (SSSR count).